The van der Waals surface area contributed by atoms with E-state index in [1.54, 1.807) is 18.9 Å². The highest BCUT2D eigenvalue weighted by Gasteiger charge is 2.37. The topological polar surface area (TPSA) is 62.2 Å². The van der Waals surface area contributed by atoms with E-state index in [0.29, 0.717) is 18.0 Å². The summed E-state index contributed by atoms with van der Waals surface area (Å²) in [5, 5.41) is 6.19. The first-order valence-electron chi connectivity index (χ1n) is 9.18. The number of hydrogen-bond donors (Lipinski definition) is 0. The second-order valence-electron chi connectivity index (χ2n) is 6.14. The van der Waals surface area contributed by atoms with Crippen LogP contribution in [0.3, 0.4) is 0 Å². The van der Waals surface area contributed by atoms with Gasteiger partial charge < -0.3 is 4.74 Å². The van der Waals surface area contributed by atoms with Crippen molar-refractivity contribution in [3.63, 3.8) is 0 Å². The van der Waals surface area contributed by atoms with Gasteiger partial charge >= 0.3 is 0 Å². The number of hydrazone groups is 1. The molecule has 2 aromatic carbocycles. The Morgan fingerprint density at radius 1 is 1.07 bits per heavy atom. The molecule has 0 bridgehead atoms. The van der Waals surface area contributed by atoms with Gasteiger partial charge in [0.1, 0.15) is 11.1 Å². The molecule has 6 nitrogen and oxygen atoms in total. The van der Waals surface area contributed by atoms with Crippen molar-refractivity contribution in [2.24, 2.45) is 5.10 Å². The number of amides is 2. The van der Waals surface area contributed by atoms with Crippen LogP contribution in [-0.2, 0) is 9.59 Å². The molecule has 1 heterocycles. The molecule has 7 heteroatoms. The summed E-state index contributed by atoms with van der Waals surface area (Å²) >= 11 is 1.40. The number of thioether (sulfide) groups is 1. The summed E-state index contributed by atoms with van der Waals surface area (Å²) in [6.07, 6.45) is 0.667. The Kier molecular flexibility index (Phi) is 6.36. The van der Waals surface area contributed by atoms with Crippen LogP contribution in [0.4, 0.5) is 5.69 Å². The van der Waals surface area contributed by atoms with Crippen LogP contribution in [0.1, 0.15) is 37.6 Å². The Bertz CT molecular complexity index is 868. The minimum Gasteiger partial charge on any atom is -0.497 e. The van der Waals surface area contributed by atoms with Crippen LogP contribution in [0.2, 0.25) is 0 Å². The predicted octanol–water partition coefficient (Wildman–Crippen LogP) is 4.39. The zero-order valence-corrected chi connectivity index (χ0v) is 17.0. The van der Waals surface area contributed by atoms with Crippen molar-refractivity contribution in [1.29, 1.82) is 0 Å². The lowest BCUT2D eigenvalue weighted by Gasteiger charge is -2.21. The number of amidine groups is 1. The Labute approximate surface area is 169 Å². The van der Waals surface area contributed by atoms with Gasteiger partial charge in [0.15, 0.2) is 5.17 Å². The van der Waals surface area contributed by atoms with E-state index in [0.717, 1.165) is 17.0 Å². The van der Waals surface area contributed by atoms with E-state index in [2.05, 4.69) is 5.10 Å². The number of methoxy groups -OCH3 is 1. The van der Waals surface area contributed by atoms with Crippen molar-refractivity contribution < 1.29 is 14.3 Å². The van der Waals surface area contributed by atoms with Gasteiger partial charge in [0.05, 0.1) is 12.8 Å². The van der Waals surface area contributed by atoms with Gasteiger partial charge in [0.2, 0.25) is 11.8 Å². The lowest BCUT2D eigenvalue weighted by Crippen LogP contribution is -2.34. The van der Waals surface area contributed by atoms with Gasteiger partial charge in [-0.05, 0) is 29.8 Å². The molecule has 146 valence electrons. The third-order valence-corrected chi connectivity index (χ3v) is 5.52. The molecular formula is C21H23N3O3S. The zero-order valence-electron chi connectivity index (χ0n) is 16.2. The van der Waals surface area contributed by atoms with Crippen LogP contribution in [0.5, 0.6) is 5.75 Å². The Hall–Kier alpha value is -2.80. The average Bonchev–Trinajstić information content (AvgIpc) is 3.18. The average molecular weight is 398 g/mol. The number of carbonyl (C=O) groups is 2. The van der Waals surface area contributed by atoms with Crippen LogP contribution in [0, 0.1) is 0 Å². The van der Waals surface area contributed by atoms with E-state index in [4.69, 9.17) is 4.74 Å². The molecule has 0 spiro atoms. The summed E-state index contributed by atoms with van der Waals surface area (Å²) in [7, 11) is 1.61. The Morgan fingerprint density at radius 3 is 2.32 bits per heavy atom. The first-order valence-corrected chi connectivity index (χ1v) is 10.1. The number of carbonyl (C=O) groups excluding carboxylic acids is 2. The second kappa shape index (κ2) is 8.93. The van der Waals surface area contributed by atoms with Gasteiger partial charge in [-0.15, -0.1) is 5.10 Å². The summed E-state index contributed by atoms with van der Waals surface area (Å²) in [4.78, 5) is 26.8. The number of nitrogens with zero attached hydrogens (tertiary/aromatic N) is 3. The van der Waals surface area contributed by atoms with E-state index in [-0.39, 0.29) is 17.2 Å². The van der Waals surface area contributed by atoms with Gasteiger partial charge in [0.25, 0.3) is 0 Å². The van der Waals surface area contributed by atoms with Gasteiger partial charge in [-0.2, -0.15) is 0 Å². The number of para-hydroxylation sites is 1. The number of rotatable bonds is 5. The van der Waals surface area contributed by atoms with Crippen molar-refractivity contribution in [2.45, 2.75) is 32.1 Å². The van der Waals surface area contributed by atoms with E-state index >= 15 is 0 Å². The molecule has 0 aromatic heterocycles. The number of ether oxygens (including phenoxy) is 1. The smallest absolute Gasteiger partial charge is 0.243 e. The van der Waals surface area contributed by atoms with Crippen LogP contribution in [0.25, 0.3) is 0 Å². The van der Waals surface area contributed by atoms with Crippen molar-refractivity contribution in [3.05, 3.63) is 60.2 Å². The third-order valence-electron chi connectivity index (χ3n) is 4.35. The molecule has 0 fully saturated rings. The summed E-state index contributed by atoms with van der Waals surface area (Å²) in [5.41, 5.74) is 1.66. The molecule has 3 rings (SSSR count). The standard InChI is InChI=1S/C21H23N3O3S/c1-4-18(25)23(16-9-7-6-8-10-16)21-22-24(19(26)5-2)20(28-21)15-11-13-17(27-3)14-12-15/h6-14,20H,4-5H2,1-3H3. The molecule has 0 aliphatic carbocycles. The van der Waals surface area contributed by atoms with E-state index in [9.17, 15) is 9.59 Å². The van der Waals surface area contributed by atoms with Crippen molar-refractivity contribution in [3.8, 4) is 5.75 Å². The monoisotopic (exact) mass is 397 g/mol. The lowest BCUT2D eigenvalue weighted by molar-refractivity contribution is -0.131. The maximum absolute atomic E-state index is 12.7. The molecule has 2 amide bonds. The lowest BCUT2D eigenvalue weighted by atomic mass is 10.2. The quantitative estimate of drug-likeness (QED) is 0.750. The fraction of sp³-hybridized carbons (Fsp3) is 0.286. The molecule has 1 aliphatic heterocycles. The minimum absolute atomic E-state index is 0.0725. The Morgan fingerprint density at radius 2 is 1.75 bits per heavy atom. The SMILES string of the molecule is CCC(=O)N(C1=NN(C(=O)CC)C(c2ccc(OC)cc2)S1)c1ccccc1. The molecule has 2 aromatic rings. The zero-order chi connectivity index (χ0) is 20.1. The van der Waals surface area contributed by atoms with Crippen molar-refractivity contribution in [1.82, 2.24) is 5.01 Å². The molecule has 0 radical (unpaired) electrons. The molecule has 0 saturated carbocycles. The molecule has 1 atom stereocenters. The molecule has 0 saturated heterocycles. The fourth-order valence-corrected chi connectivity index (χ4v) is 4.04. The third kappa shape index (κ3) is 4.04. The highest BCUT2D eigenvalue weighted by Crippen LogP contribution is 2.42. The summed E-state index contributed by atoms with van der Waals surface area (Å²) < 4.78 is 5.22. The maximum atomic E-state index is 12.7. The van der Waals surface area contributed by atoms with Crippen molar-refractivity contribution in [2.75, 3.05) is 12.0 Å². The van der Waals surface area contributed by atoms with Crippen LogP contribution >= 0.6 is 11.8 Å². The molecular weight excluding hydrogens is 374 g/mol. The molecule has 1 unspecified atom stereocenters. The fourth-order valence-electron chi connectivity index (χ4n) is 2.84. The number of benzene rings is 2. The molecule has 0 N–H and O–H groups in total. The van der Waals surface area contributed by atoms with Gasteiger partial charge in [0, 0.05) is 12.8 Å². The normalized spacial score (nSPS) is 15.9. The Balaban J connectivity index is 1.98. The minimum atomic E-state index is -0.329. The first-order chi connectivity index (χ1) is 13.6. The van der Waals surface area contributed by atoms with Crippen LogP contribution < -0.4 is 9.64 Å². The second-order valence-corrected chi connectivity index (χ2v) is 7.18. The highest BCUT2D eigenvalue weighted by atomic mass is 32.2. The van der Waals surface area contributed by atoms with Crippen molar-refractivity contribution >= 4 is 34.4 Å². The van der Waals surface area contributed by atoms with E-state index < -0.39 is 0 Å². The summed E-state index contributed by atoms with van der Waals surface area (Å²) in [6, 6.07) is 16.9. The highest BCUT2D eigenvalue weighted by molar-refractivity contribution is 8.14. The van der Waals surface area contributed by atoms with Crippen LogP contribution in [0.15, 0.2) is 59.7 Å². The molecule has 28 heavy (non-hydrogen) atoms. The van der Waals surface area contributed by atoms with Crippen LogP contribution in [-0.4, -0.2) is 29.1 Å². The van der Waals surface area contributed by atoms with Gasteiger partial charge in [-0.3, -0.25) is 14.5 Å². The first kappa shape index (κ1) is 19.9. The summed E-state index contributed by atoms with van der Waals surface area (Å²) in [6.45, 7) is 3.62. The van der Waals surface area contributed by atoms with Gasteiger partial charge in [-0.25, -0.2) is 5.01 Å². The van der Waals surface area contributed by atoms with Gasteiger partial charge in [-0.1, -0.05) is 55.9 Å². The maximum Gasteiger partial charge on any atom is 0.243 e. The van der Waals surface area contributed by atoms with E-state index in [1.165, 1.54) is 16.8 Å². The molecule has 1 aliphatic rings. The largest absolute Gasteiger partial charge is 0.497 e. The predicted molar refractivity (Wildman–Crippen MR) is 112 cm³/mol. The summed E-state index contributed by atoms with van der Waals surface area (Å²) in [5.74, 6) is 0.574. The van der Waals surface area contributed by atoms with E-state index in [1.807, 2.05) is 61.5 Å². The number of anilines is 1. The number of hydrogen-bond acceptors (Lipinski definition) is 5.